The number of aromatic nitrogens is 2. The van der Waals surface area contributed by atoms with Gasteiger partial charge >= 0.3 is 0 Å². The molecular weight excluding hydrogens is 296 g/mol. The summed E-state index contributed by atoms with van der Waals surface area (Å²) in [5, 5.41) is 20.7. The molecule has 1 heterocycles. The Morgan fingerprint density at radius 3 is 2.90 bits per heavy atom. The molecule has 0 saturated carbocycles. The van der Waals surface area contributed by atoms with Crippen molar-refractivity contribution in [3.05, 3.63) is 34.3 Å². The number of thioether (sulfide) groups is 1. The quantitative estimate of drug-likeness (QED) is 0.289. The van der Waals surface area contributed by atoms with Gasteiger partial charge in [-0.3, -0.25) is 0 Å². The molecule has 106 valence electrons. The first-order chi connectivity index (χ1) is 9.63. The molecule has 0 aliphatic heterocycles. The van der Waals surface area contributed by atoms with E-state index in [0.717, 1.165) is 20.7 Å². The lowest BCUT2D eigenvalue weighted by atomic mass is 10.1. The highest BCUT2D eigenvalue weighted by Gasteiger charge is 2.09. The minimum absolute atomic E-state index is 0.0747. The molecule has 2 aromatic rings. The van der Waals surface area contributed by atoms with Crippen molar-refractivity contribution in [3.8, 4) is 5.75 Å². The Morgan fingerprint density at radius 1 is 1.50 bits per heavy atom. The molecule has 20 heavy (non-hydrogen) atoms. The summed E-state index contributed by atoms with van der Waals surface area (Å²) in [5.74, 6) is 1.50. The largest absolute Gasteiger partial charge is 0.496 e. The van der Waals surface area contributed by atoms with Crippen LogP contribution < -0.4 is 10.5 Å². The van der Waals surface area contributed by atoms with E-state index >= 15 is 0 Å². The van der Waals surface area contributed by atoms with E-state index in [1.165, 1.54) is 0 Å². The van der Waals surface area contributed by atoms with Crippen molar-refractivity contribution >= 4 is 28.9 Å². The Labute approximate surface area is 124 Å². The molecule has 1 aromatic carbocycles. The first-order valence-electron chi connectivity index (χ1n) is 5.71. The zero-order valence-electron chi connectivity index (χ0n) is 11.0. The molecule has 0 unspecified atom stereocenters. The third-order valence-corrected chi connectivity index (χ3v) is 4.56. The van der Waals surface area contributed by atoms with Gasteiger partial charge in [0.1, 0.15) is 10.8 Å². The second kappa shape index (κ2) is 6.58. The molecule has 0 atom stereocenters. The van der Waals surface area contributed by atoms with Crippen LogP contribution in [0.2, 0.25) is 0 Å². The fourth-order valence-electron chi connectivity index (χ4n) is 1.58. The van der Waals surface area contributed by atoms with Gasteiger partial charge in [-0.05, 0) is 25.1 Å². The van der Waals surface area contributed by atoms with Crippen LogP contribution in [-0.2, 0) is 5.75 Å². The number of oxime groups is 1. The van der Waals surface area contributed by atoms with E-state index in [1.54, 1.807) is 42.3 Å². The molecule has 0 radical (unpaired) electrons. The van der Waals surface area contributed by atoms with Gasteiger partial charge in [0.15, 0.2) is 10.2 Å². The molecule has 3 N–H and O–H groups in total. The van der Waals surface area contributed by atoms with Gasteiger partial charge in [-0.15, -0.1) is 10.2 Å². The van der Waals surface area contributed by atoms with Crippen LogP contribution in [-0.4, -0.2) is 28.4 Å². The number of ether oxygens (including phenoxy) is 1. The lowest BCUT2D eigenvalue weighted by molar-refractivity contribution is 0.318. The lowest BCUT2D eigenvalue weighted by Crippen LogP contribution is -2.13. The Morgan fingerprint density at radius 2 is 2.30 bits per heavy atom. The fourth-order valence-corrected chi connectivity index (χ4v) is 3.38. The Balaban J connectivity index is 2.20. The highest BCUT2D eigenvalue weighted by Crippen LogP contribution is 2.30. The number of hydrogen-bond acceptors (Lipinski definition) is 7. The molecule has 0 fully saturated rings. The van der Waals surface area contributed by atoms with Crippen LogP contribution >= 0.6 is 23.1 Å². The molecule has 0 saturated heterocycles. The molecule has 0 spiro atoms. The normalized spacial score (nSPS) is 11.6. The van der Waals surface area contributed by atoms with Crippen LogP contribution in [0, 0.1) is 6.92 Å². The average Bonchev–Trinajstić information content (AvgIpc) is 2.89. The molecule has 0 amide bonds. The summed E-state index contributed by atoms with van der Waals surface area (Å²) in [4.78, 5) is 0. The summed E-state index contributed by atoms with van der Waals surface area (Å²) < 4.78 is 6.22. The SMILES string of the molecule is COc1ccc(/C(N)=N/O)cc1CSc1nnc(C)s1. The van der Waals surface area contributed by atoms with Crippen molar-refractivity contribution in [2.75, 3.05) is 7.11 Å². The van der Waals surface area contributed by atoms with Crippen molar-refractivity contribution < 1.29 is 9.94 Å². The second-order valence-corrected chi connectivity index (χ2v) is 6.29. The first kappa shape index (κ1) is 14.6. The van der Waals surface area contributed by atoms with Crippen LogP contribution in [0.1, 0.15) is 16.1 Å². The zero-order chi connectivity index (χ0) is 14.5. The molecule has 0 aliphatic carbocycles. The van der Waals surface area contributed by atoms with E-state index in [-0.39, 0.29) is 5.84 Å². The van der Waals surface area contributed by atoms with E-state index in [2.05, 4.69) is 15.4 Å². The van der Waals surface area contributed by atoms with Crippen LogP contribution in [0.5, 0.6) is 5.75 Å². The second-order valence-electron chi connectivity index (χ2n) is 3.89. The fraction of sp³-hybridized carbons (Fsp3) is 0.250. The lowest BCUT2D eigenvalue weighted by Gasteiger charge is -2.09. The van der Waals surface area contributed by atoms with E-state index < -0.39 is 0 Å². The van der Waals surface area contributed by atoms with Gasteiger partial charge in [0.25, 0.3) is 0 Å². The Bertz CT molecular complexity index is 628. The van der Waals surface area contributed by atoms with E-state index in [0.29, 0.717) is 11.3 Å². The summed E-state index contributed by atoms with van der Waals surface area (Å²) in [6, 6.07) is 5.39. The standard InChI is InChI=1S/C12H14N4O2S2/c1-7-14-15-12(20-7)19-6-9-5-8(11(13)16-17)3-4-10(9)18-2/h3-5,17H,6H2,1-2H3,(H2,13,16). The van der Waals surface area contributed by atoms with Crippen molar-refractivity contribution in [3.63, 3.8) is 0 Å². The molecule has 6 nitrogen and oxygen atoms in total. The molecule has 8 heteroatoms. The monoisotopic (exact) mass is 310 g/mol. The van der Waals surface area contributed by atoms with E-state index in [9.17, 15) is 0 Å². The number of nitrogens with two attached hydrogens (primary N) is 1. The third-order valence-electron chi connectivity index (χ3n) is 2.54. The highest BCUT2D eigenvalue weighted by molar-refractivity contribution is 8.00. The van der Waals surface area contributed by atoms with Crippen molar-refractivity contribution in [2.45, 2.75) is 17.0 Å². The Kier molecular flexibility index (Phi) is 4.80. The van der Waals surface area contributed by atoms with Gasteiger partial charge in [0, 0.05) is 16.9 Å². The minimum Gasteiger partial charge on any atom is -0.496 e. The van der Waals surface area contributed by atoms with Crippen LogP contribution in [0.4, 0.5) is 0 Å². The van der Waals surface area contributed by atoms with Crippen LogP contribution in [0.15, 0.2) is 27.7 Å². The van der Waals surface area contributed by atoms with Crippen molar-refractivity contribution in [1.29, 1.82) is 0 Å². The minimum atomic E-state index is 0.0747. The predicted molar refractivity (Wildman–Crippen MR) is 79.7 cm³/mol. The van der Waals surface area contributed by atoms with Crippen LogP contribution in [0.3, 0.4) is 0 Å². The van der Waals surface area contributed by atoms with Gasteiger partial charge in [0.05, 0.1) is 7.11 Å². The summed E-state index contributed by atoms with van der Waals surface area (Å²) >= 11 is 3.12. The van der Waals surface area contributed by atoms with Crippen molar-refractivity contribution in [2.24, 2.45) is 10.9 Å². The average molecular weight is 310 g/mol. The predicted octanol–water partition coefficient (Wildman–Crippen LogP) is 2.24. The maximum absolute atomic E-state index is 8.73. The van der Waals surface area contributed by atoms with E-state index in [1.807, 2.05) is 13.0 Å². The maximum Gasteiger partial charge on any atom is 0.174 e. The number of hydrogen-bond donors (Lipinski definition) is 2. The number of rotatable bonds is 5. The van der Waals surface area contributed by atoms with Crippen LogP contribution in [0.25, 0.3) is 0 Å². The molecule has 2 rings (SSSR count). The van der Waals surface area contributed by atoms with Gasteiger partial charge in [-0.1, -0.05) is 28.3 Å². The third kappa shape index (κ3) is 3.40. The first-order valence-corrected chi connectivity index (χ1v) is 7.52. The summed E-state index contributed by atoms with van der Waals surface area (Å²) in [6.07, 6.45) is 0. The zero-order valence-corrected chi connectivity index (χ0v) is 12.7. The number of amidine groups is 1. The number of benzene rings is 1. The van der Waals surface area contributed by atoms with Gasteiger partial charge in [0.2, 0.25) is 0 Å². The van der Waals surface area contributed by atoms with Gasteiger partial charge in [-0.2, -0.15) is 0 Å². The van der Waals surface area contributed by atoms with Gasteiger partial charge in [-0.25, -0.2) is 0 Å². The van der Waals surface area contributed by atoms with Gasteiger partial charge < -0.3 is 15.7 Å². The molecule has 0 aliphatic rings. The smallest absolute Gasteiger partial charge is 0.174 e. The summed E-state index contributed by atoms with van der Waals surface area (Å²) in [6.45, 7) is 1.92. The number of methoxy groups -OCH3 is 1. The summed E-state index contributed by atoms with van der Waals surface area (Å²) in [7, 11) is 1.61. The molecule has 0 bridgehead atoms. The highest BCUT2D eigenvalue weighted by atomic mass is 32.2. The van der Waals surface area contributed by atoms with E-state index in [4.69, 9.17) is 15.7 Å². The number of aryl methyl sites for hydroxylation is 1. The number of nitrogens with zero attached hydrogens (tertiary/aromatic N) is 3. The maximum atomic E-state index is 8.73. The molecular formula is C12H14N4O2S2. The Hall–Kier alpha value is -1.80. The molecule has 1 aromatic heterocycles. The van der Waals surface area contributed by atoms with Crippen molar-refractivity contribution in [1.82, 2.24) is 10.2 Å². The topological polar surface area (TPSA) is 93.6 Å². The summed E-state index contributed by atoms with van der Waals surface area (Å²) in [5.41, 5.74) is 7.20.